The highest BCUT2D eigenvalue weighted by atomic mass is 19.1. The molecule has 3 rings (SSSR count). The van der Waals surface area contributed by atoms with Crippen LogP contribution in [-0.2, 0) is 0 Å². The zero-order chi connectivity index (χ0) is 12.5. The fourth-order valence-electron chi connectivity index (χ4n) is 1.88. The summed E-state index contributed by atoms with van der Waals surface area (Å²) in [6, 6.07) is 11.3. The summed E-state index contributed by atoms with van der Waals surface area (Å²) in [4.78, 5) is 11.0. The van der Waals surface area contributed by atoms with Gasteiger partial charge >= 0.3 is 0 Å². The van der Waals surface area contributed by atoms with Crippen LogP contribution in [0.2, 0.25) is 0 Å². The lowest BCUT2D eigenvalue weighted by Crippen LogP contribution is -1.98. The largest absolute Gasteiger partial charge is 0.296 e. The molecule has 0 amide bonds. The quantitative estimate of drug-likeness (QED) is 0.647. The molecule has 0 unspecified atom stereocenters. The Morgan fingerprint density at radius 3 is 2.67 bits per heavy atom. The van der Waals surface area contributed by atoms with Crippen molar-refractivity contribution in [3.05, 3.63) is 54.0 Å². The summed E-state index contributed by atoms with van der Waals surface area (Å²) in [5, 5.41) is 7.88. The molecule has 0 atom stereocenters. The third-order valence-electron chi connectivity index (χ3n) is 2.69. The first-order valence-electron chi connectivity index (χ1n) is 5.35. The van der Waals surface area contributed by atoms with Crippen LogP contribution >= 0.6 is 0 Å². The van der Waals surface area contributed by atoms with E-state index in [1.807, 2.05) is 0 Å². The normalized spacial score (nSPS) is 10.7. The number of carbonyl (C=O) groups excluding carboxylic acids is 1. The van der Waals surface area contributed by atoms with Crippen molar-refractivity contribution in [3.8, 4) is 11.4 Å². The Morgan fingerprint density at radius 2 is 1.89 bits per heavy atom. The van der Waals surface area contributed by atoms with Crippen LogP contribution in [0.15, 0.2) is 42.5 Å². The van der Waals surface area contributed by atoms with Gasteiger partial charge in [0, 0.05) is 0 Å². The van der Waals surface area contributed by atoms with E-state index in [1.165, 1.54) is 10.5 Å². The molecule has 0 fully saturated rings. The highest BCUT2D eigenvalue weighted by Crippen LogP contribution is 2.22. The van der Waals surface area contributed by atoms with Crippen LogP contribution in [0.25, 0.3) is 17.0 Å². The fourth-order valence-corrected chi connectivity index (χ4v) is 1.88. The zero-order valence-electron chi connectivity index (χ0n) is 9.25. The highest BCUT2D eigenvalue weighted by Gasteiger charge is 2.13. The summed E-state index contributed by atoms with van der Waals surface area (Å²) in [6.45, 7) is 0. The Kier molecular flexibility index (Phi) is 2.37. The third-order valence-corrected chi connectivity index (χ3v) is 2.69. The molecule has 2 aromatic heterocycles. The predicted molar refractivity (Wildman–Crippen MR) is 63.8 cm³/mol. The van der Waals surface area contributed by atoms with Crippen molar-refractivity contribution in [2.45, 2.75) is 0 Å². The molecular weight excluding hydrogens is 233 g/mol. The lowest BCUT2D eigenvalue weighted by atomic mass is 10.2. The molecule has 0 aliphatic carbocycles. The molecule has 88 valence electrons. The summed E-state index contributed by atoms with van der Waals surface area (Å²) in [5.41, 5.74) is 1.22. The van der Waals surface area contributed by atoms with Gasteiger partial charge in [0.1, 0.15) is 5.82 Å². The van der Waals surface area contributed by atoms with Gasteiger partial charge in [-0.1, -0.05) is 18.2 Å². The third kappa shape index (κ3) is 1.48. The molecule has 1 aromatic carbocycles. The van der Waals surface area contributed by atoms with Crippen LogP contribution in [0.1, 0.15) is 10.5 Å². The molecule has 3 aromatic rings. The first-order chi connectivity index (χ1) is 8.81. The van der Waals surface area contributed by atoms with Gasteiger partial charge in [-0.2, -0.15) is 0 Å². The van der Waals surface area contributed by atoms with E-state index >= 15 is 0 Å². The second-order valence-corrected chi connectivity index (χ2v) is 3.77. The molecular formula is C13H8FN3O. The number of aldehydes is 1. The Labute approximate surface area is 102 Å². The summed E-state index contributed by atoms with van der Waals surface area (Å²) < 4.78 is 15.3. The number of fused-ring (bicyclic) bond motifs is 1. The van der Waals surface area contributed by atoms with Crippen molar-refractivity contribution in [2.75, 3.05) is 0 Å². The molecule has 0 aliphatic heterocycles. The van der Waals surface area contributed by atoms with Crippen molar-refractivity contribution in [1.82, 2.24) is 14.6 Å². The van der Waals surface area contributed by atoms with Gasteiger partial charge in [0.25, 0.3) is 0 Å². The van der Waals surface area contributed by atoms with Gasteiger partial charge in [0.15, 0.2) is 17.8 Å². The molecule has 0 saturated heterocycles. The van der Waals surface area contributed by atoms with E-state index in [9.17, 15) is 9.18 Å². The maximum Gasteiger partial charge on any atom is 0.171 e. The van der Waals surface area contributed by atoms with Gasteiger partial charge < -0.3 is 0 Å². The van der Waals surface area contributed by atoms with Crippen molar-refractivity contribution >= 4 is 11.9 Å². The summed E-state index contributed by atoms with van der Waals surface area (Å²) in [5.74, 6) is -0.0710. The number of carbonyl (C=O) groups is 1. The number of benzene rings is 1. The van der Waals surface area contributed by atoms with Crippen LogP contribution in [0.5, 0.6) is 0 Å². The molecule has 0 bridgehead atoms. The van der Waals surface area contributed by atoms with Gasteiger partial charge in [0.05, 0.1) is 11.3 Å². The predicted octanol–water partition coefficient (Wildman–Crippen LogP) is 2.35. The molecule has 4 nitrogen and oxygen atoms in total. The standard InChI is InChI=1S/C13H8FN3O/c14-11-6-2-1-5-10(11)13-16-15-12-7-3-4-9(8-18)17(12)13/h1-8H. The van der Waals surface area contributed by atoms with E-state index in [4.69, 9.17) is 0 Å². The van der Waals surface area contributed by atoms with Crippen molar-refractivity contribution < 1.29 is 9.18 Å². The minimum absolute atomic E-state index is 0.319. The smallest absolute Gasteiger partial charge is 0.171 e. The molecule has 0 spiro atoms. The minimum Gasteiger partial charge on any atom is -0.296 e. The van der Waals surface area contributed by atoms with E-state index in [0.29, 0.717) is 29.0 Å². The first-order valence-corrected chi connectivity index (χ1v) is 5.35. The van der Waals surface area contributed by atoms with Gasteiger partial charge in [-0.3, -0.25) is 9.20 Å². The second-order valence-electron chi connectivity index (χ2n) is 3.77. The average molecular weight is 241 g/mol. The lowest BCUT2D eigenvalue weighted by Gasteiger charge is -2.03. The van der Waals surface area contributed by atoms with Gasteiger partial charge in [-0.25, -0.2) is 4.39 Å². The van der Waals surface area contributed by atoms with Gasteiger partial charge in [-0.15, -0.1) is 10.2 Å². The molecule has 0 N–H and O–H groups in total. The average Bonchev–Trinajstić information content (AvgIpc) is 2.83. The number of halogens is 1. The van der Waals surface area contributed by atoms with Crippen LogP contribution in [-0.4, -0.2) is 20.9 Å². The van der Waals surface area contributed by atoms with E-state index in [0.717, 1.165) is 0 Å². The van der Waals surface area contributed by atoms with E-state index < -0.39 is 5.82 Å². The number of rotatable bonds is 2. The molecule has 18 heavy (non-hydrogen) atoms. The number of aromatic nitrogens is 3. The number of nitrogens with zero attached hydrogens (tertiary/aromatic N) is 3. The number of pyridine rings is 1. The maximum absolute atomic E-state index is 13.7. The second kappa shape index (κ2) is 4.03. The van der Waals surface area contributed by atoms with Crippen LogP contribution in [0, 0.1) is 5.82 Å². The highest BCUT2D eigenvalue weighted by molar-refractivity contribution is 5.76. The van der Waals surface area contributed by atoms with Crippen molar-refractivity contribution in [1.29, 1.82) is 0 Å². The van der Waals surface area contributed by atoms with Crippen LogP contribution < -0.4 is 0 Å². The Bertz CT molecular complexity index is 736. The monoisotopic (exact) mass is 241 g/mol. The summed E-state index contributed by atoms with van der Waals surface area (Å²) in [7, 11) is 0. The van der Waals surface area contributed by atoms with Crippen molar-refractivity contribution in [3.63, 3.8) is 0 Å². The SMILES string of the molecule is O=Cc1cccc2nnc(-c3ccccc3F)n12. The van der Waals surface area contributed by atoms with E-state index in [2.05, 4.69) is 10.2 Å². The van der Waals surface area contributed by atoms with Crippen molar-refractivity contribution in [2.24, 2.45) is 0 Å². The Balaban J connectivity index is 2.37. The fraction of sp³-hybridized carbons (Fsp3) is 0. The molecule has 5 heteroatoms. The maximum atomic E-state index is 13.7. The summed E-state index contributed by atoms with van der Waals surface area (Å²) in [6.07, 6.45) is 0.695. The topological polar surface area (TPSA) is 47.3 Å². The van der Waals surface area contributed by atoms with E-state index in [-0.39, 0.29) is 0 Å². The van der Waals surface area contributed by atoms with Crippen LogP contribution in [0.3, 0.4) is 0 Å². The van der Waals surface area contributed by atoms with Crippen LogP contribution in [0.4, 0.5) is 4.39 Å². The molecule has 0 saturated carbocycles. The zero-order valence-corrected chi connectivity index (χ0v) is 9.25. The number of hydrogen-bond acceptors (Lipinski definition) is 3. The first kappa shape index (κ1) is 10.6. The van der Waals surface area contributed by atoms with E-state index in [1.54, 1.807) is 36.4 Å². The lowest BCUT2D eigenvalue weighted by molar-refractivity contribution is 0.111. The summed E-state index contributed by atoms with van der Waals surface area (Å²) >= 11 is 0. The Morgan fingerprint density at radius 1 is 1.06 bits per heavy atom. The van der Waals surface area contributed by atoms with Gasteiger partial charge in [-0.05, 0) is 24.3 Å². The Hall–Kier alpha value is -2.56. The molecule has 0 radical (unpaired) electrons. The minimum atomic E-state index is -0.396. The molecule has 0 aliphatic rings. The van der Waals surface area contributed by atoms with Gasteiger partial charge in [0.2, 0.25) is 0 Å². The molecule has 2 heterocycles. The number of hydrogen-bond donors (Lipinski definition) is 0.